The van der Waals surface area contributed by atoms with Gasteiger partial charge in [0.05, 0.1) is 21.4 Å². The molecular formula is C49H40Cl2N2O. The molecule has 0 fully saturated rings. The Balaban J connectivity index is 1.30. The molecule has 0 N–H and O–H groups in total. The minimum absolute atomic E-state index is 0.0484. The molecule has 0 saturated carbocycles. The van der Waals surface area contributed by atoms with Crippen molar-refractivity contribution < 1.29 is 4.42 Å². The van der Waals surface area contributed by atoms with Gasteiger partial charge in [-0.15, -0.1) is 0 Å². The van der Waals surface area contributed by atoms with E-state index in [0.717, 1.165) is 73.1 Å². The number of anilines is 6. The van der Waals surface area contributed by atoms with E-state index in [0.29, 0.717) is 10.0 Å². The number of aryl methyl sites for hydroxylation is 1. The Hall–Kier alpha value is -5.74. The van der Waals surface area contributed by atoms with Crippen LogP contribution in [0.5, 0.6) is 0 Å². The van der Waals surface area contributed by atoms with E-state index < -0.39 is 0 Å². The van der Waals surface area contributed by atoms with Crippen LogP contribution in [0.15, 0.2) is 174 Å². The van der Waals surface area contributed by atoms with E-state index in [1.807, 2.05) is 37.3 Å². The number of nitrogens with zero attached hydrogens (tertiary/aromatic N) is 2. The lowest BCUT2D eigenvalue weighted by Crippen LogP contribution is -2.16. The lowest BCUT2D eigenvalue weighted by atomic mass is 9.84. The quantitative estimate of drug-likeness (QED) is 0.155. The van der Waals surface area contributed by atoms with Crippen molar-refractivity contribution in [2.24, 2.45) is 0 Å². The number of para-hydroxylation sites is 2. The average molecular weight is 744 g/mol. The molecule has 0 atom stereocenters. The Bertz CT molecular complexity index is 2540. The fourth-order valence-electron chi connectivity index (χ4n) is 7.02. The van der Waals surface area contributed by atoms with Gasteiger partial charge in [0.15, 0.2) is 0 Å². The first-order valence-electron chi connectivity index (χ1n) is 18.1. The van der Waals surface area contributed by atoms with Gasteiger partial charge in [-0.1, -0.05) is 123 Å². The molecule has 0 radical (unpaired) electrons. The summed E-state index contributed by atoms with van der Waals surface area (Å²) in [5, 5.41) is 2.09. The van der Waals surface area contributed by atoms with Crippen LogP contribution < -0.4 is 9.80 Å². The van der Waals surface area contributed by atoms with Crippen molar-refractivity contribution in [3.63, 3.8) is 0 Å². The lowest BCUT2D eigenvalue weighted by Gasteiger charge is -2.32. The average Bonchev–Trinajstić information content (AvgIpc) is 3.63. The van der Waals surface area contributed by atoms with E-state index in [4.69, 9.17) is 27.6 Å². The number of halogens is 2. The van der Waals surface area contributed by atoms with Crippen LogP contribution in [0.3, 0.4) is 0 Å². The van der Waals surface area contributed by atoms with E-state index in [1.54, 1.807) is 0 Å². The minimum Gasteiger partial charge on any atom is -0.456 e. The lowest BCUT2D eigenvalue weighted by molar-refractivity contribution is 0.590. The van der Waals surface area contributed by atoms with Gasteiger partial charge in [-0.3, -0.25) is 0 Å². The molecule has 8 rings (SSSR count). The molecule has 0 aliphatic carbocycles. The predicted octanol–water partition coefficient (Wildman–Crippen LogP) is 15.6. The molecule has 0 saturated heterocycles. The molecule has 0 unspecified atom stereocenters. The summed E-state index contributed by atoms with van der Waals surface area (Å²) in [6.45, 7) is 8.79. The maximum Gasteiger partial charge on any atom is 0.135 e. The highest BCUT2D eigenvalue weighted by molar-refractivity contribution is 6.44. The molecule has 1 aromatic heterocycles. The van der Waals surface area contributed by atoms with Crippen LogP contribution in [0.2, 0.25) is 10.0 Å². The standard InChI is InChI=1S/C49H40Cl2N2O/c1-33-28-43(50)48(51)45(29-33)53(44-27-24-37(49(2,3)4)31-42(44)34-14-7-5-8-15-34)41-20-13-19-40(32-41)52(38-17-9-6-10-18-38)39-25-22-35(23-26-39)47-30-36-16-11-12-21-46(36)54-47/h5-32H,1-4H3. The smallest absolute Gasteiger partial charge is 0.135 e. The summed E-state index contributed by atoms with van der Waals surface area (Å²) in [5.74, 6) is 0.840. The number of fused-ring (bicyclic) bond motifs is 1. The molecule has 8 aromatic rings. The van der Waals surface area contributed by atoms with Crippen LogP contribution in [0.4, 0.5) is 34.1 Å². The Morgan fingerprint density at radius 3 is 1.83 bits per heavy atom. The highest BCUT2D eigenvalue weighted by Gasteiger charge is 2.25. The fourth-order valence-corrected chi connectivity index (χ4v) is 7.48. The molecule has 0 amide bonds. The third-order valence-electron chi connectivity index (χ3n) is 9.78. The van der Waals surface area contributed by atoms with Gasteiger partial charge in [0.25, 0.3) is 0 Å². The summed E-state index contributed by atoms with van der Waals surface area (Å²) < 4.78 is 6.20. The first-order chi connectivity index (χ1) is 26.1. The Morgan fingerprint density at radius 2 is 1.13 bits per heavy atom. The second-order valence-electron chi connectivity index (χ2n) is 14.6. The number of benzene rings is 7. The van der Waals surface area contributed by atoms with Gasteiger partial charge >= 0.3 is 0 Å². The molecule has 5 heteroatoms. The highest BCUT2D eigenvalue weighted by atomic mass is 35.5. The van der Waals surface area contributed by atoms with Crippen molar-refractivity contribution in [3.8, 4) is 22.5 Å². The Kier molecular flexibility index (Phi) is 9.54. The van der Waals surface area contributed by atoms with Crippen molar-refractivity contribution in [1.82, 2.24) is 0 Å². The zero-order chi connectivity index (χ0) is 37.4. The number of furan rings is 1. The summed E-state index contributed by atoms with van der Waals surface area (Å²) in [7, 11) is 0. The second kappa shape index (κ2) is 14.6. The van der Waals surface area contributed by atoms with Gasteiger partial charge in [0.1, 0.15) is 11.3 Å². The molecule has 266 valence electrons. The fraction of sp³-hybridized carbons (Fsp3) is 0.102. The van der Waals surface area contributed by atoms with Gasteiger partial charge < -0.3 is 14.2 Å². The zero-order valence-electron chi connectivity index (χ0n) is 30.7. The Morgan fingerprint density at radius 1 is 0.500 bits per heavy atom. The van der Waals surface area contributed by atoms with Gasteiger partial charge in [-0.2, -0.15) is 0 Å². The third-order valence-corrected chi connectivity index (χ3v) is 10.6. The van der Waals surface area contributed by atoms with Gasteiger partial charge in [0.2, 0.25) is 0 Å². The van der Waals surface area contributed by atoms with E-state index in [9.17, 15) is 0 Å². The van der Waals surface area contributed by atoms with Gasteiger partial charge in [-0.05, 0) is 120 Å². The van der Waals surface area contributed by atoms with Crippen LogP contribution in [0.1, 0.15) is 31.9 Å². The van der Waals surface area contributed by atoms with Crippen LogP contribution in [-0.2, 0) is 5.41 Å². The maximum absolute atomic E-state index is 7.16. The van der Waals surface area contributed by atoms with E-state index in [1.165, 1.54) is 5.56 Å². The van der Waals surface area contributed by atoms with Gasteiger partial charge in [-0.25, -0.2) is 0 Å². The number of hydrogen-bond donors (Lipinski definition) is 0. The molecule has 0 bridgehead atoms. The summed E-state index contributed by atoms with van der Waals surface area (Å²) in [6, 6.07) is 59.1. The normalized spacial score (nSPS) is 11.5. The van der Waals surface area contributed by atoms with Crippen molar-refractivity contribution in [2.75, 3.05) is 9.80 Å². The topological polar surface area (TPSA) is 19.6 Å². The Labute approximate surface area is 327 Å². The van der Waals surface area contributed by atoms with E-state index in [2.05, 4.69) is 170 Å². The van der Waals surface area contributed by atoms with Crippen LogP contribution in [0.25, 0.3) is 33.4 Å². The molecule has 0 spiro atoms. The highest BCUT2D eigenvalue weighted by Crippen LogP contribution is 2.48. The summed E-state index contributed by atoms with van der Waals surface area (Å²) in [4.78, 5) is 4.52. The second-order valence-corrected chi connectivity index (χ2v) is 15.4. The van der Waals surface area contributed by atoms with Crippen LogP contribution in [0, 0.1) is 6.92 Å². The van der Waals surface area contributed by atoms with Gasteiger partial charge in [0, 0.05) is 39.3 Å². The summed E-state index contributed by atoms with van der Waals surface area (Å²) in [5.41, 5.74) is 12.1. The van der Waals surface area contributed by atoms with Crippen molar-refractivity contribution in [3.05, 3.63) is 191 Å². The number of rotatable bonds is 8. The first-order valence-corrected chi connectivity index (χ1v) is 18.9. The SMILES string of the molecule is Cc1cc(Cl)c(Cl)c(N(c2cccc(N(c3ccccc3)c3ccc(-c4cc5ccccc5o4)cc3)c2)c2ccc(C(C)(C)C)cc2-c2ccccc2)c1. The molecule has 3 nitrogen and oxygen atoms in total. The monoisotopic (exact) mass is 742 g/mol. The molecule has 1 heterocycles. The molecule has 7 aromatic carbocycles. The van der Waals surface area contributed by atoms with Crippen molar-refractivity contribution in [2.45, 2.75) is 33.1 Å². The molecule has 0 aliphatic rings. The van der Waals surface area contributed by atoms with E-state index >= 15 is 0 Å². The predicted molar refractivity (Wildman–Crippen MR) is 230 cm³/mol. The molecular weight excluding hydrogens is 703 g/mol. The molecule has 0 aliphatic heterocycles. The maximum atomic E-state index is 7.16. The minimum atomic E-state index is -0.0484. The number of hydrogen-bond acceptors (Lipinski definition) is 3. The summed E-state index contributed by atoms with van der Waals surface area (Å²) >= 11 is 14.0. The molecule has 54 heavy (non-hydrogen) atoms. The van der Waals surface area contributed by atoms with Crippen LogP contribution >= 0.6 is 23.2 Å². The zero-order valence-corrected chi connectivity index (χ0v) is 32.2. The van der Waals surface area contributed by atoms with E-state index in [-0.39, 0.29) is 5.41 Å². The van der Waals surface area contributed by atoms with Crippen molar-refractivity contribution >= 4 is 68.3 Å². The van der Waals surface area contributed by atoms with Crippen molar-refractivity contribution in [1.29, 1.82) is 0 Å². The summed E-state index contributed by atoms with van der Waals surface area (Å²) in [6.07, 6.45) is 0. The third kappa shape index (κ3) is 7.01. The largest absolute Gasteiger partial charge is 0.456 e. The van der Waals surface area contributed by atoms with Crippen LogP contribution in [-0.4, -0.2) is 0 Å². The first kappa shape index (κ1) is 35.3.